The van der Waals surface area contributed by atoms with Crippen LogP contribution in [0, 0.1) is 5.82 Å². The first-order valence-electron chi connectivity index (χ1n) is 8.96. The van der Waals surface area contributed by atoms with Crippen LogP contribution in [0.3, 0.4) is 0 Å². The number of anilines is 1. The molecule has 5 aromatic rings. The van der Waals surface area contributed by atoms with E-state index in [-0.39, 0.29) is 16.3 Å². The summed E-state index contributed by atoms with van der Waals surface area (Å²) in [6, 6.07) is 11.9. The highest BCUT2D eigenvalue weighted by atomic mass is 32.2. The van der Waals surface area contributed by atoms with Gasteiger partial charge in [-0.2, -0.15) is 5.21 Å². The summed E-state index contributed by atoms with van der Waals surface area (Å²) < 4.78 is 43.9. The molecule has 0 aliphatic carbocycles. The summed E-state index contributed by atoms with van der Waals surface area (Å²) in [5.74, 6) is -0.136. The van der Waals surface area contributed by atoms with Crippen molar-refractivity contribution in [2.24, 2.45) is 0 Å². The molecule has 0 spiro atoms. The smallest absolute Gasteiger partial charge is 0.261 e. The maximum atomic E-state index is 14.1. The number of aromatic amines is 1. The van der Waals surface area contributed by atoms with E-state index in [0.717, 1.165) is 17.7 Å². The maximum absolute atomic E-state index is 14.1. The number of halogens is 1. The van der Waals surface area contributed by atoms with E-state index in [1.165, 1.54) is 6.07 Å². The van der Waals surface area contributed by atoms with Crippen LogP contribution >= 0.6 is 0 Å². The first-order chi connectivity index (χ1) is 15.0. The minimum atomic E-state index is -3.97. The van der Waals surface area contributed by atoms with Gasteiger partial charge in [-0.3, -0.25) is 9.12 Å². The largest absolute Gasteiger partial charge is 0.291 e. The highest BCUT2D eigenvalue weighted by Gasteiger charge is 2.19. The zero-order valence-electron chi connectivity index (χ0n) is 15.6. The molecule has 10 nitrogen and oxygen atoms in total. The Balaban J connectivity index is 1.41. The number of imidazole rings is 1. The summed E-state index contributed by atoms with van der Waals surface area (Å²) in [7, 11) is -3.97. The fraction of sp³-hybridized carbons (Fsp3) is 0. The van der Waals surface area contributed by atoms with E-state index >= 15 is 0 Å². The van der Waals surface area contributed by atoms with Crippen molar-refractivity contribution in [3.05, 3.63) is 72.9 Å². The van der Waals surface area contributed by atoms with Crippen molar-refractivity contribution in [2.75, 3.05) is 4.72 Å². The van der Waals surface area contributed by atoms with Gasteiger partial charge in [-0.05, 0) is 41.6 Å². The van der Waals surface area contributed by atoms with Crippen LogP contribution in [0.2, 0.25) is 0 Å². The Labute approximate surface area is 174 Å². The lowest BCUT2D eigenvalue weighted by atomic mass is 10.1. The molecular formula is C19H13FN8O2S. The minimum Gasteiger partial charge on any atom is -0.291 e. The van der Waals surface area contributed by atoms with Crippen LogP contribution in [0.4, 0.5) is 10.1 Å². The third-order valence-electron chi connectivity index (χ3n) is 4.50. The summed E-state index contributed by atoms with van der Waals surface area (Å²) >= 11 is 0. The standard InChI is InChI=1S/C19H13FN8O2S/c20-16-7-6-14(10-15(16)18-23-26-27-24-18)31(29,30)25-13-4-2-12(3-5-13)17-11-28-9-1-8-21-19(28)22-17/h1-11,25H,(H,23,24,26,27). The molecule has 0 bridgehead atoms. The van der Waals surface area contributed by atoms with Gasteiger partial charge in [0.25, 0.3) is 10.0 Å². The number of benzene rings is 2. The average molecular weight is 436 g/mol. The number of sulfonamides is 1. The lowest BCUT2D eigenvalue weighted by Crippen LogP contribution is -2.13. The first kappa shape index (κ1) is 18.8. The van der Waals surface area contributed by atoms with E-state index in [4.69, 9.17) is 0 Å². The van der Waals surface area contributed by atoms with Gasteiger partial charge in [0, 0.05) is 29.8 Å². The van der Waals surface area contributed by atoms with Crippen molar-refractivity contribution in [2.45, 2.75) is 4.90 Å². The van der Waals surface area contributed by atoms with Gasteiger partial charge in [-0.25, -0.2) is 22.8 Å². The zero-order chi connectivity index (χ0) is 21.4. The van der Waals surface area contributed by atoms with E-state index in [2.05, 4.69) is 35.3 Å². The van der Waals surface area contributed by atoms with E-state index < -0.39 is 15.8 Å². The SMILES string of the molecule is O=S(=O)(Nc1ccc(-c2cn3cccnc3n2)cc1)c1ccc(F)c(-c2nn[nH]n2)c1. The van der Waals surface area contributed by atoms with Gasteiger partial charge >= 0.3 is 0 Å². The molecule has 0 unspecified atom stereocenters. The Kier molecular flexibility index (Phi) is 4.40. The number of hydrogen-bond acceptors (Lipinski definition) is 7. The van der Waals surface area contributed by atoms with E-state index in [9.17, 15) is 12.8 Å². The number of hydrogen-bond donors (Lipinski definition) is 2. The Hall–Kier alpha value is -4.19. The third kappa shape index (κ3) is 3.59. The predicted molar refractivity (Wildman–Crippen MR) is 109 cm³/mol. The van der Waals surface area contributed by atoms with Crippen molar-refractivity contribution >= 4 is 21.5 Å². The summed E-state index contributed by atoms with van der Waals surface area (Å²) in [6.45, 7) is 0. The Bertz CT molecular complexity index is 1450. The Morgan fingerprint density at radius 1 is 1.10 bits per heavy atom. The van der Waals surface area contributed by atoms with Crippen LogP contribution in [0.15, 0.2) is 72.0 Å². The van der Waals surface area contributed by atoms with E-state index in [0.29, 0.717) is 17.2 Å². The number of nitrogens with zero attached hydrogens (tertiary/aromatic N) is 6. The second kappa shape index (κ2) is 7.25. The maximum Gasteiger partial charge on any atom is 0.261 e. The average Bonchev–Trinajstić information content (AvgIpc) is 3.44. The fourth-order valence-corrected chi connectivity index (χ4v) is 4.10. The normalized spacial score (nSPS) is 11.6. The summed E-state index contributed by atoms with van der Waals surface area (Å²) in [5, 5.41) is 13.0. The topological polar surface area (TPSA) is 131 Å². The lowest BCUT2D eigenvalue weighted by molar-refractivity contribution is 0.600. The van der Waals surface area contributed by atoms with E-state index in [1.807, 2.05) is 12.4 Å². The molecule has 2 aromatic carbocycles. The zero-order valence-corrected chi connectivity index (χ0v) is 16.5. The first-order valence-corrected chi connectivity index (χ1v) is 10.4. The number of rotatable bonds is 5. The molecule has 31 heavy (non-hydrogen) atoms. The molecule has 3 heterocycles. The molecule has 3 aromatic heterocycles. The van der Waals surface area contributed by atoms with Crippen molar-refractivity contribution in [3.63, 3.8) is 0 Å². The minimum absolute atomic E-state index is 0.0409. The number of aromatic nitrogens is 7. The highest BCUT2D eigenvalue weighted by molar-refractivity contribution is 7.92. The molecule has 0 aliphatic heterocycles. The molecule has 0 radical (unpaired) electrons. The molecule has 0 amide bonds. The molecule has 0 atom stereocenters. The highest BCUT2D eigenvalue weighted by Crippen LogP contribution is 2.25. The van der Waals surface area contributed by atoms with Crippen LogP contribution in [0.1, 0.15) is 0 Å². The van der Waals surface area contributed by atoms with Crippen LogP contribution < -0.4 is 4.72 Å². The summed E-state index contributed by atoms with van der Waals surface area (Å²) in [4.78, 5) is 8.48. The predicted octanol–water partition coefficient (Wildman–Crippen LogP) is 2.52. The van der Waals surface area contributed by atoms with Crippen LogP contribution in [-0.2, 0) is 10.0 Å². The fourth-order valence-electron chi connectivity index (χ4n) is 3.01. The molecule has 0 saturated heterocycles. The molecule has 0 aliphatic rings. The second-order valence-electron chi connectivity index (χ2n) is 6.51. The quantitative estimate of drug-likeness (QED) is 0.433. The van der Waals surface area contributed by atoms with Gasteiger partial charge < -0.3 is 0 Å². The Morgan fingerprint density at radius 2 is 1.94 bits per heavy atom. The van der Waals surface area contributed by atoms with Crippen LogP contribution in [-0.4, -0.2) is 43.4 Å². The third-order valence-corrected chi connectivity index (χ3v) is 5.88. The van der Waals surface area contributed by atoms with E-state index in [1.54, 1.807) is 40.9 Å². The number of fused-ring (bicyclic) bond motifs is 1. The van der Waals surface area contributed by atoms with Crippen molar-refractivity contribution in [1.82, 2.24) is 35.0 Å². The molecule has 5 rings (SSSR count). The molecular weight excluding hydrogens is 423 g/mol. The van der Waals surface area contributed by atoms with Gasteiger partial charge in [0.05, 0.1) is 16.2 Å². The van der Waals surface area contributed by atoms with Gasteiger partial charge in [-0.15, -0.1) is 10.2 Å². The second-order valence-corrected chi connectivity index (χ2v) is 8.20. The lowest BCUT2D eigenvalue weighted by Gasteiger charge is -2.09. The number of H-pyrrole nitrogens is 1. The summed E-state index contributed by atoms with van der Waals surface area (Å²) in [5.41, 5.74) is 1.77. The molecule has 154 valence electrons. The number of nitrogens with one attached hydrogen (secondary N) is 2. The molecule has 0 saturated carbocycles. The summed E-state index contributed by atoms with van der Waals surface area (Å²) in [6.07, 6.45) is 5.33. The molecule has 12 heteroatoms. The van der Waals surface area contributed by atoms with Crippen molar-refractivity contribution < 1.29 is 12.8 Å². The van der Waals surface area contributed by atoms with Crippen molar-refractivity contribution in [1.29, 1.82) is 0 Å². The molecule has 0 fully saturated rings. The van der Waals surface area contributed by atoms with Gasteiger partial charge in [0.1, 0.15) is 5.82 Å². The van der Waals surface area contributed by atoms with Crippen molar-refractivity contribution in [3.8, 4) is 22.6 Å². The van der Waals surface area contributed by atoms with Gasteiger partial charge in [0.2, 0.25) is 11.6 Å². The van der Waals surface area contributed by atoms with Crippen LogP contribution in [0.5, 0.6) is 0 Å². The van der Waals surface area contributed by atoms with Crippen LogP contribution in [0.25, 0.3) is 28.4 Å². The number of tetrazole rings is 1. The van der Waals surface area contributed by atoms with Gasteiger partial charge in [0.15, 0.2) is 0 Å². The Morgan fingerprint density at radius 3 is 2.68 bits per heavy atom. The molecule has 2 N–H and O–H groups in total. The monoisotopic (exact) mass is 436 g/mol. The van der Waals surface area contributed by atoms with Gasteiger partial charge in [-0.1, -0.05) is 12.1 Å².